The fraction of sp³-hybridized carbons (Fsp3) is 0.211. The summed E-state index contributed by atoms with van der Waals surface area (Å²) in [6.07, 6.45) is -0.981. The first-order valence-corrected chi connectivity index (χ1v) is 9.65. The number of amides is 1. The fourth-order valence-corrected chi connectivity index (χ4v) is 4.12. The minimum Gasteiger partial charge on any atom is -0.443 e. The molecule has 0 aliphatic heterocycles. The van der Waals surface area contributed by atoms with Crippen LogP contribution in [0.3, 0.4) is 0 Å². The van der Waals surface area contributed by atoms with Gasteiger partial charge in [0.1, 0.15) is 9.88 Å². The highest BCUT2D eigenvalue weighted by molar-refractivity contribution is 7.22. The number of ether oxygens (including phenoxy) is 1. The summed E-state index contributed by atoms with van der Waals surface area (Å²) >= 11 is 2.85. The lowest BCUT2D eigenvalue weighted by Crippen LogP contribution is -2.31. The second-order valence-electron chi connectivity index (χ2n) is 5.84. The van der Waals surface area contributed by atoms with Crippen LogP contribution in [0.15, 0.2) is 47.8 Å². The van der Waals surface area contributed by atoms with Crippen LogP contribution in [-0.2, 0) is 9.53 Å². The van der Waals surface area contributed by atoms with Gasteiger partial charge in [-0.25, -0.2) is 9.78 Å². The van der Waals surface area contributed by atoms with Gasteiger partial charge in [0, 0.05) is 19.7 Å². The molecule has 0 saturated carbocycles. The van der Waals surface area contributed by atoms with Crippen LogP contribution >= 0.6 is 22.7 Å². The molecule has 134 valence electrons. The summed E-state index contributed by atoms with van der Waals surface area (Å²) in [4.78, 5) is 32.6. The minimum atomic E-state index is -0.981. The van der Waals surface area contributed by atoms with Crippen LogP contribution in [0.1, 0.15) is 27.0 Å². The van der Waals surface area contributed by atoms with E-state index in [0.29, 0.717) is 16.1 Å². The van der Waals surface area contributed by atoms with Crippen molar-refractivity contribution in [2.24, 2.45) is 0 Å². The van der Waals surface area contributed by atoms with E-state index < -0.39 is 12.1 Å². The minimum absolute atomic E-state index is 0.287. The Hall–Kier alpha value is -2.51. The molecule has 2 heterocycles. The third kappa shape index (κ3) is 3.84. The first-order valence-electron chi connectivity index (χ1n) is 7.95. The highest BCUT2D eigenvalue weighted by Crippen LogP contribution is 2.32. The molecule has 1 atom stereocenters. The van der Waals surface area contributed by atoms with E-state index >= 15 is 0 Å². The van der Waals surface area contributed by atoms with E-state index in [4.69, 9.17) is 4.74 Å². The standard InChI is InChI=1S/C19H18N2O3S2/c1-12-16(26-17(20-12)14-10-7-11-25-14)19(23)24-15(18(22)21(2)3)13-8-5-4-6-9-13/h4-11,15H,1-3H3. The number of nitrogens with zero attached hydrogens (tertiary/aromatic N) is 2. The molecule has 7 heteroatoms. The number of likely N-dealkylation sites (N-methyl/N-ethyl adjacent to an activating group) is 1. The molecule has 0 saturated heterocycles. The zero-order valence-corrected chi connectivity index (χ0v) is 16.3. The predicted octanol–water partition coefficient (Wildman–Crippen LogP) is 4.17. The number of hydrogen-bond donors (Lipinski definition) is 0. The maximum atomic E-state index is 12.7. The third-order valence-corrected chi connectivity index (χ3v) is 5.88. The lowest BCUT2D eigenvalue weighted by atomic mass is 10.1. The fourth-order valence-electron chi connectivity index (χ4n) is 2.38. The molecule has 0 aliphatic carbocycles. The van der Waals surface area contributed by atoms with E-state index in [1.54, 1.807) is 44.5 Å². The Morgan fingerprint density at radius 2 is 1.85 bits per heavy atom. The second-order valence-corrected chi connectivity index (χ2v) is 7.79. The lowest BCUT2D eigenvalue weighted by molar-refractivity contribution is -0.138. The molecule has 2 aromatic heterocycles. The monoisotopic (exact) mass is 386 g/mol. The van der Waals surface area contributed by atoms with Crippen LogP contribution in [0.2, 0.25) is 0 Å². The third-order valence-electron chi connectivity index (χ3n) is 3.71. The number of carbonyl (C=O) groups is 2. The Bertz CT molecular complexity index is 902. The molecular formula is C19H18N2O3S2. The topological polar surface area (TPSA) is 59.5 Å². The van der Waals surface area contributed by atoms with Crippen LogP contribution in [0.25, 0.3) is 9.88 Å². The van der Waals surface area contributed by atoms with E-state index in [0.717, 1.165) is 9.88 Å². The molecule has 1 aromatic carbocycles. The molecule has 0 aliphatic rings. The Morgan fingerprint density at radius 3 is 2.46 bits per heavy atom. The largest absolute Gasteiger partial charge is 0.443 e. The summed E-state index contributed by atoms with van der Waals surface area (Å²) in [5.74, 6) is -0.822. The van der Waals surface area contributed by atoms with E-state index in [2.05, 4.69) is 4.98 Å². The summed E-state index contributed by atoms with van der Waals surface area (Å²) in [7, 11) is 3.28. The van der Waals surface area contributed by atoms with Gasteiger partial charge in [-0.2, -0.15) is 0 Å². The number of hydrogen-bond acceptors (Lipinski definition) is 6. The normalized spacial score (nSPS) is 11.8. The smallest absolute Gasteiger partial charge is 0.351 e. The summed E-state index contributed by atoms with van der Waals surface area (Å²) in [5.41, 5.74) is 1.24. The average Bonchev–Trinajstić information content (AvgIpc) is 3.29. The van der Waals surface area contributed by atoms with Crippen molar-refractivity contribution in [1.82, 2.24) is 9.88 Å². The van der Waals surface area contributed by atoms with Crippen LogP contribution in [-0.4, -0.2) is 35.9 Å². The maximum absolute atomic E-state index is 12.7. The summed E-state index contributed by atoms with van der Waals surface area (Å²) in [5, 5.41) is 2.74. The molecule has 0 bridgehead atoms. The van der Waals surface area contributed by atoms with E-state index in [1.807, 2.05) is 35.7 Å². The van der Waals surface area contributed by atoms with Crippen molar-refractivity contribution >= 4 is 34.6 Å². The summed E-state index contributed by atoms with van der Waals surface area (Å²) < 4.78 is 5.60. The van der Waals surface area contributed by atoms with Gasteiger partial charge < -0.3 is 9.64 Å². The highest BCUT2D eigenvalue weighted by Gasteiger charge is 2.29. The first kappa shape index (κ1) is 18.3. The van der Waals surface area contributed by atoms with Gasteiger partial charge in [0.2, 0.25) is 6.10 Å². The Morgan fingerprint density at radius 1 is 1.12 bits per heavy atom. The van der Waals surface area contributed by atoms with Crippen molar-refractivity contribution in [1.29, 1.82) is 0 Å². The van der Waals surface area contributed by atoms with Gasteiger partial charge >= 0.3 is 5.97 Å². The Labute approximate surface area is 159 Å². The maximum Gasteiger partial charge on any atom is 0.351 e. The van der Waals surface area contributed by atoms with Crippen molar-refractivity contribution in [2.75, 3.05) is 14.1 Å². The Kier molecular flexibility index (Phi) is 5.49. The molecule has 0 radical (unpaired) electrons. The molecule has 1 unspecified atom stereocenters. The van der Waals surface area contributed by atoms with Gasteiger partial charge in [0.05, 0.1) is 10.6 Å². The van der Waals surface area contributed by atoms with E-state index in [1.165, 1.54) is 16.2 Å². The molecule has 3 rings (SSSR count). The molecule has 5 nitrogen and oxygen atoms in total. The van der Waals surface area contributed by atoms with Crippen LogP contribution < -0.4 is 0 Å². The zero-order valence-electron chi connectivity index (χ0n) is 14.6. The molecule has 0 spiro atoms. The molecular weight excluding hydrogens is 368 g/mol. The summed E-state index contributed by atoms with van der Waals surface area (Å²) in [6, 6.07) is 12.9. The van der Waals surface area contributed by atoms with Gasteiger partial charge in [-0.1, -0.05) is 36.4 Å². The number of aromatic nitrogens is 1. The Balaban J connectivity index is 1.88. The molecule has 0 N–H and O–H groups in total. The van der Waals surface area contributed by atoms with Gasteiger partial charge in [0.15, 0.2) is 0 Å². The van der Waals surface area contributed by atoms with Crippen molar-refractivity contribution in [3.63, 3.8) is 0 Å². The summed E-state index contributed by atoms with van der Waals surface area (Å²) in [6.45, 7) is 1.77. The zero-order chi connectivity index (χ0) is 18.7. The number of carbonyl (C=O) groups excluding carboxylic acids is 2. The molecule has 26 heavy (non-hydrogen) atoms. The predicted molar refractivity (Wildman–Crippen MR) is 103 cm³/mol. The van der Waals surface area contributed by atoms with Crippen molar-refractivity contribution in [3.05, 3.63) is 64.0 Å². The van der Waals surface area contributed by atoms with Gasteiger partial charge in [0.25, 0.3) is 5.91 Å². The van der Waals surface area contributed by atoms with E-state index in [9.17, 15) is 9.59 Å². The van der Waals surface area contributed by atoms with Gasteiger partial charge in [-0.15, -0.1) is 22.7 Å². The molecule has 0 fully saturated rings. The second kappa shape index (κ2) is 7.80. The van der Waals surface area contributed by atoms with Crippen molar-refractivity contribution in [3.8, 4) is 9.88 Å². The van der Waals surface area contributed by atoms with Gasteiger partial charge in [-0.05, 0) is 18.4 Å². The SMILES string of the molecule is Cc1nc(-c2cccs2)sc1C(=O)OC(C(=O)N(C)C)c1ccccc1. The molecule has 3 aromatic rings. The van der Waals surface area contributed by atoms with Crippen LogP contribution in [0.4, 0.5) is 0 Å². The number of rotatable bonds is 5. The average molecular weight is 386 g/mol. The van der Waals surface area contributed by atoms with Gasteiger partial charge in [-0.3, -0.25) is 4.79 Å². The number of esters is 1. The highest BCUT2D eigenvalue weighted by atomic mass is 32.1. The van der Waals surface area contributed by atoms with Crippen LogP contribution in [0, 0.1) is 6.92 Å². The quantitative estimate of drug-likeness (QED) is 0.618. The van der Waals surface area contributed by atoms with Crippen LogP contribution in [0.5, 0.6) is 0 Å². The lowest BCUT2D eigenvalue weighted by Gasteiger charge is -2.21. The molecule has 1 amide bonds. The van der Waals surface area contributed by atoms with Crippen molar-refractivity contribution in [2.45, 2.75) is 13.0 Å². The number of thiophene rings is 1. The van der Waals surface area contributed by atoms with Crippen molar-refractivity contribution < 1.29 is 14.3 Å². The number of benzene rings is 1. The first-order chi connectivity index (χ1) is 12.5. The number of aryl methyl sites for hydroxylation is 1. The van der Waals surface area contributed by atoms with E-state index in [-0.39, 0.29) is 5.91 Å². The number of thiazole rings is 1.